The number of carbonyl (C=O) groups is 3. The summed E-state index contributed by atoms with van der Waals surface area (Å²) in [7, 11) is 1.68. The number of Topliss-reactive ketones (excluding diaryl/α,β-unsaturated/α-hetero) is 1. The van der Waals surface area contributed by atoms with Gasteiger partial charge in [0.05, 0.1) is 0 Å². The number of nitrogens with one attached hydrogen (secondary N) is 1. The van der Waals surface area contributed by atoms with E-state index < -0.39 is 11.7 Å². The number of nitrogens with zero attached hydrogens (tertiary/aromatic N) is 4. The minimum Gasteiger partial charge on any atom is -0.444 e. The number of amides is 2. The van der Waals surface area contributed by atoms with E-state index in [4.69, 9.17) is 4.74 Å². The molecule has 4 rings (SSSR count). The molecule has 42 heavy (non-hydrogen) atoms. The topological polar surface area (TPSA) is 105 Å². The van der Waals surface area contributed by atoms with Crippen molar-refractivity contribution in [3.05, 3.63) is 83.9 Å². The lowest BCUT2D eigenvalue weighted by molar-refractivity contribution is -0.129. The summed E-state index contributed by atoms with van der Waals surface area (Å²) in [6.45, 7) is 8.44. The Hall–Kier alpha value is -4.11. The van der Waals surface area contributed by atoms with Gasteiger partial charge in [-0.1, -0.05) is 48.5 Å². The average molecular weight is 572 g/mol. The van der Waals surface area contributed by atoms with Gasteiger partial charge >= 0.3 is 6.09 Å². The van der Waals surface area contributed by atoms with E-state index in [-0.39, 0.29) is 24.1 Å². The number of hydrogen-bond donors (Lipinski definition) is 1. The van der Waals surface area contributed by atoms with Crippen LogP contribution in [0.25, 0.3) is 11.1 Å². The lowest BCUT2D eigenvalue weighted by Gasteiger charge is -2.31. The molecule has 0 atom stereocenters. The van der Waals surface area contributed by atoms with Crippen LogP contribution in [0.2, 0.25) is 0 Å². The minimum absolute atomic E-state index is 0.0167. The normalized spacial score (nSPS) is 14.3. The van der Waals surface area contributed by atoms with Crippen LogP contribution in [0.5, 0.6) is 0 Å². The summed E-state index contributed by atoms with van der Waals surface area (Å²) in [4.78, 5) is 50.0. The van der Waals surface area contributed by atoms with Gasteiger partial charge in [-0.25, -0.2) is 14.8 Å². The first kappa shape index (κ1) is 30.8. The highest BCUT2D eigenvalue weighted by Gasteiger charge is 2.23. The number of benzene rings is 2. The summed E-state index contributed by atoms with van der Waals surface area (Å²) < 4.78 is 5.18. The van der Waals surface area contributed by atoms with Crippen LogP contribution >= 0.6 is 0 Å². The Kier molecular flexibility index (Phi) is 10.4. The quantitative estimate of drug-likeness (QED) is 0.337. The molecule has 0 unspecified atom stereocenters. The number of ether oxygens (including phenoxy) is 1. The Labute approximate surface area is 248 Å². The number of carbonyl (C=O) groups excluding carboxylic acids is 3. The largest absolute Gasteiger partial charge is 0.444 e. The molecule has 0 aliphatic carbocycles. The first-order valence-corrected chi connectivity index (χ1v) is 14.5. The highest BCUT2D eigenvalue weighted by Crippen LogP contribution is 2.24. The van der Waals surface area contributed by atoms with Crippen molar-refractivity contribution in [2.45, 2.75) is 58.7 Å². The summed E-state index contributed by atoms with van der Waals surface area (Å²) in [6, 6.07) is 18.2. The highest BCUT2D eigenvalue weighted by atomic mass is 16.6. The third kappa shape index (κ3) is 9.48. The molecule has 2 heterocycles. The van der Waals surface area contributed by atoms with E-state index >= 15 is 0 Å². The van der Waals surface area contributed by atoms with Crippen LogP contribution in [-0.4, -0.2) is 69.8 Å². The van der Waals surface area contributed by atoms with Crippen molar-refractivity contribution in [1.82, 2.24) is 25.1 Å². The molecule has 1 aliphatic heterocycles. The standard InChI is InChI=1S/C33H41N5O4/c1-33(2,3)42-32(41)36-21-30(40)37(4)22-26-11-8-12-27(17-26)28-19-34-31(35-20-28)29(39)18-24-13-15-38(16-14-24)23-25-9-6-5-7-10-25/h5-12,17,19-20,24H,13-16,18,21-23H2,1-4H3,(H,36,41). The SMILES string of the molecule is CN(Cc1cccc(-c2cnc(C(=O)CC3CCN(Cc4ccccc4)CC3)nc2)c1)C(=O)CNC(=O)OC(C)(C)C. The van der Waals surface area contributed by atoms with Gasteiger partial charge in [0.2, 0.25) is 5.91 Å². The van der Waals surface area contributed by atoms with Crippen molar-refractivity contribution < 1.29 is 19.1 Å². The van der Waals surface area contributed by atoms with Gasteiger partial charge in [0.25, 0.3) is 0 Å². The Bertz CT molecular complexity index is 1350. The van der Waals surface area contributed by atoms with E-state index in [9.17, 15) is 14.4 Å². The Morgan fingerprint density at radius 3 is 2.29 bits per heavy atom. The lowest BCUT2D eigenvalue weighted by Crippen LogP contribution is -2.40. The molecule has 3 aromatic rings. The number of hydrogen-bond acceptors (Lipinski definition) is 7. The Morgan fingerprint density at radius 2 is 1.62 bits per heavy atom. The fourth-order valence-corrected chi connectivity index (χ4v) is 4.97. The van der Waals surface area contributed by atoms with Crippen LogP contribution in [-0.2, 0) is 22.6 Å². The zero-order valence-corrected chi connectivity index (χ0v) is 25.0. The second-order valence-electron chi connectivity index (χ2n) is 11.9. The molecule has 0 spiro atoms. The molecule has 0 saturated carbocycles. The number of rotatable bonds is 10. The maximum absolute atomic E-state index is 12.9. The molecular weight excluding hydrogens is 530 g/mol. The molecule has 1 aromatic heterocycles. The number of piperidine rings is 1. The zero-order valence-electron chi connectivity index (χ0n) is 25.0. The van der Waals surface area contributed by atoms with E-state index in [0.29, 0.717) is 18.9 Å². The Morgan fingerprint density at radius 1 is 0.952 bits per heavy atom. The van der Waals surface area contributed by atoms with Crippen molar-refractivity contribution in [1.29, 1.82) is 0 Å². The van der Waals surface area contributed by atoms with Crippen LogP contribution in [0, 0.1) is 5.92 Å². The number of likely N-dealkylation sites (N-methyl/N-ethyl adjacent to an activating group) is 1. The first-order valence-electron chi connectivity index (χ1n) is 14.5. The second-order valence-corrected chi connectivity index (χ2v) is 11.9. The van der Waals surface area contributed by atoms with Crippen molar-refractivity contribution in [2.24, 2.45) is 5.92 Å². The predicted octanol–water partition coefficient (Wildman–Crippen LogP) is 5.11. The molecule has 9 nitrogen and oxygen atoms in total. The average Bonchev–Trinajstić information content (AvgIpc) is 2.97. The number of ketones is 1. The Balaban J connectivity index is 1.25. The van der Waals surface area contributed by atoms with Crippen LogP contribution in [0.1, 0.15) is 61.8 Å². The summed E-state index contributed by atoms with van der Waals surface area (Å²) in [5, 5.41) is 2.49. The highest BCUT2D eigenvalue weighted by molar-refractivity contribution is 5.92. The lowest BCUT2D eigenvalue weighted by atomic mass is 9.91. The molecule has 0 radical (unpaired) electrons. The van der Waals surface area contributed by atoms with Crippen LogP contribution in [0.15, 0.2) is 67.0 Å². The van der Waals surface area contributed by atoms with Crippen LogP contribution < -0.4 is 5.32 Å². The second kappa shape index (κ2) is 14.2. The predicted molar refractivity (Wildman–Crippen MR) is 162 cm³/mol. The van der Waals surface area contributed by atoms with Gasteiger partial charge < -0.3 is 15.0 Å². The monoisotopic (exact) mass is 571 g/mol. The maximum Gasteiger partial charge on any atom is 0.408 e. The molecule has 1 saturated heterocycles. The maximum atomic E-state index is 12.9. The number of alkyl carbamates (subject to hydrolysis) is 1. The van der Waals surface area contributed by atoms with Gasteiger partial charge in [-0.05, 0) is 75.4 Å². The minimum atomic E-state index is -0.630. The summed E-state index contributed by atoms with van der Waals surface area (Å²) >= 11 is 0. The third-order valence-corrected chi connectivity index (χ3v) is 7.22. The zero-order chi connectivity index (χ0) is 30.1. The van der Waals surface area contributed by atoms with Gasteiger partial charge in [0.15, 0.2) is 11.6 Å². The molecule has 1 N–H and O–H groups in total. The third-order valence-electron chi connectivity index (χ3n) is 7.22. The van der Waals surface area contributed by atoms with Gasteiger partial charge in [0.1, 0.15) is 12.1 Å². The van der Waals surface area contributed by atoms with E-state index in [1.807, 2.05) is 30.3 Å². The molecular formula is C33H41N5O4. The molecule has 2 amide bonds. The molecule has 9 heteroatoms. The van der Waals surface area contributed by atoms with Crippen molar-refractivity contribution in [3.8, 4) is 11.1 Å². The number of aromatic nitrogens is 2. The van der Waals surface area contributed by atoms with Crippen molar-refractivity contribution >= 4 is 17.8 Å². The van der Waals surface area contributed by atoms with Crippen LogP contribution in [0.3, 0.4) is 0 Å². The van der Waals surface area contributed by atoms with Gasteiger partial charge in [-0.15, -0.1) is 0 Å². The molecule has 1 aliphatic rings. The summed E-state index contributed by atoms with van der Waals surface area (Å²) in [5.41, 5.74) is 3.29. The molecule has 222 valence electrons. The fraction of sp³-hybridized carbons (Fsp3) is 0.424. The fourth-order valence-electron chi connectivity index (χ4n) is 4.97. The van der Waals surface area contributed by atoms with Crippen LogP contribution in [0.4, 0.5) is 4.79 Å². The van der Waals surface area contributed by atoms with E-state index in [2.05, 4.69) is 44.5 Å². The summed E-state index contributed by atoms with van der Waals surface area (Å²) in [6.07, 6.45) is 5.20. The van der Waals surface area contributed by atoms with Gasteiger partial charge in [-0.3, -0.25) is 14.5 Å². The van der Waals surface area contributed by atoms with Crippen molar-refractivity contribution in [3.63, 3.8) is 0 Å². The van der Waals surface area contributed by atoms with E-state index in [1.165, 1.54) is 5.56 Å². The first-order chi connectivity index (χ1) is 20.1. The molecule has 2 aromatic carbocycles. The van der Waals surface area contributed by atoms with Crippen molar-refractivity contribution in [2.75, 3.05) is 26.7 Å². The summed E-state index contributed by atoms with van der Waals surface area (Å²) in [5.74, 6) is 0.351. The van der Waals surface area contributed by atoms with Gasteiger partial charge in [0, 0.05) is 44.5 Å². The smallest absolute Gasteiger partial charge is 0.408 e. The van der Waals surface area contributed by atoms with E-state index in [1.54, 1.807) is 45.1 Å². The number of likely N-dealkylation sites (tertiary alicyclic amines) is 1. The van der Waals surface area contributed by atoms with Gasteiger partial charge in [-0.2, -0.15) is 0 Å². The molecule has 1 fully saturated rings. The van der Waals surface area contributed by atoms with E-state index in [0.717, 1.165) is 49.2 Å². The molecule has 0 bridgehead atoms.